The third-order valence-electron chi connectivity index (χ3n) is 4.33. The Morgan fingerprint density at radius 1 is 1.35 bits per heavy atom. The lowest BCUT2D eigenvalue weighted by atomic mass is 10.1. The molecule has 1 aliphatic rings. The molecule has 1 aromatic rings. The number of rotatable bonds is 8. The molecule has 0 amide bonds. The number of benzene rings is 1. The van der Waals surface area contributed by atoms with Crippen molar-refractivity contribution in [1.29, 1.82) is 0 Å². The van der Waals surface area contributed by atoms with E-state index in [1.807, 2.05) is 6.92 Å². The minimum absolute atomic E-state index is 0.226. The zero-order valence-corrected chi connectivity index (χ0v) is 17.2. The maximum absolute atomic E-state index is 13.9. The maximum Gasteiger partial charge on any atom is 0.194 e. The van der Waals surface area contributed by atoms with Gasteiger partial charge in [-0.2, -0.15) is 0 Å². The molecule has 1 saturated heterocycles. The molecule has 0 saturated carbocycles. The normalized spacial score (nSPS) is 16.2. The average Bonchev–Trinajstić information content (AvgIpc) is 2.65. The molecule has 0 bridgehead atoms. The average molecular weight is 430 g/mol. The van der Waals surface area contributed by atoms with E-state index in [2.05, 4.69) is 31.1 Å². The molecule has 0 aliphatic carbocycles. The minimum Gasteiger partial charge on any atom is -0.385 e. The van der Waals surface area contributed by atoms with Crippen molar-refractivity contribution in [1.82, 2.24) is 10.2 Å². The van der Waals surface area contributed by atoms with E-state index >= 15 is 0 Å². The van der Waals surface area contributed by atoms with Crippen LogP contribution in [0.4, 0.5) is 4.39 Å². The van der Waals surface area contributed by atoms with Crippen LogP contribution >= 0.6 is 15.9 Å². The zero-order chi connectivity index (χ0) is 18.8. The van der Waals surface area contributed by atoms with Crippen LogP contribution in [0.25, 0.3) is 0 Å². The van der Waals surface area contributed by atoms with E-state index in [0.717, 1.165) is 62.5 Å². The number of hydrogen-bond acceptors (Lipinski definition) is 3. The van der Waals surface area contributed by atoms with Crippen LogP contribution in [0.5, 0.6) is 0 Å². The largest absolute Gasteiger partial charge is 0.385 e. The first-order valence-corrected chi connectivity index (χ1v) is 10.0. The standard InChI is InChI=1S/C19H29BrFN3O2/c1-3-22-19(23-14-15-13-16(20)5-6-18(15)21)24-9-7-17(8-10-24)26-12-4-11-25-2/h5-6,13,17H,3-4,7-12,14H2,1-2H3,(H,22,23). The highest BCUT2D eigenvalue weighted by molar-refractivity contribution is 9.10. The number of aliphatic imine (C=N–C) groups is 1. The second kappa shape index (κ2) is 11.5. The minimum atomic E-state index is -0.226. The predicted molar refractivity (Wildman–Crippen MR) is 106 cm³/mol. The van der Waals surface area contributed by atoms with Crippen LogP contribution in [-0.2, 0) is 16.0 Å². The summed E-state index contributed by atoms with van der Waals surface area (Å²) in [5.74, 6) is 0.612. The van der Waals surface area contributed by atoms with E-state index in [0.29, 0.717) is 18.2 Å². The number of likely N-dealkylation sites (tertiary alicyclic amines) is 1. The van der Waals surface area contributed by atoms with Gasteiger partial charge in [0.2, 0.25) is 0 Å². The summed E-state index contributed by atoms with van der Waals surface area (Å²) in [5.41, 5.74) is 0.589. The number of ether oxygens (including phenoxy) is 2. The lowest BCUT2D eigenvalue weighted by Crippen LogP contribution is -2.47. The van der Waals surface area contributed by atoms with Gasteiger partial charge in [-0.3, -0.25) is 0 Å². The molecule has 1 fully saturated rings. The first-order valence-electron chi connectivity index (χ1n) is 9.21. The Morgan fingerprint density at radius 3 is 2.81 bits per heavy atom. The highest BCUT2D eigenvalue weighted by Gasteiger charge is 2.21. The van der Waals surface area contributed by atoms with Gasteiger partial charge in [0.15, 0.2) is 5.96 Å². The molecule has 0 atom stereocenters. The van der Waals surface area contributed by atoms with Crippen molar-refractivity contribution in [2.75, 3.05) is 40.0 Å². The SMILES string of the molecule is CCNC(=NCc1cc(Br)ccc1F)N1CCC(OCCCOC)CC1. The molecule has 1 aromatic carbocycles. The van der Waals surface area contributed by atoms with Crippen molar-refractivity contribution in [3.05, 3.63) is 34.1 Å². The van der Waals surface area contributed by atoms with Crippen molar-refractivity contribution < 1.29 is 13.9 Å². The second-order valence-electron chi connectivity index (χ2n) is 6.31. The summed E-state index contributed by atoms with van der Waals surface area (Å²) in [7, 11) is 1.71. The van der Waals surface area contributed by atoms with E-state index in [1.54, 1.807) is 19.2 Å². The topological polar surface area (TPSA) is 46.1 Å². The Labute approximate surface area is 164 Å². The molecule has 0 radical (unpaired) electrons. The number of methoxy groups -OCH3 is 1. The predicted octanol–water partition coefficient (Wildman–Crippen LogP) is 3.57. The second-order valence-corrected chi connectivity index (χ2v) is 7.23. The number of piperidine rings is 1. The highest BCUT2D eigenvalue weighted by atomic mass is 79.9. The van der Waals surface area contributed by atoms with Crippen molar-refractivity contribution in [3.63, 3.8) is 0 Å². The van der Waals surface area contributed by atoms with Gasteiger partial charge in [-0.15, -0.1) is 0 Å². The zero-order valence-electron chi connectivity index (χ0n) is 15.6. The molecular formula is C19H29BrFN3O2. The number of hydrogen-bond donors (Lipinski definition) is 1. The van der Waals surface area contributed by atoms with Crippen molar-refractivity contribution in [2.45, 2.75) is 38.8 Å². The van der Waals surface area contributed by atoms with Crippen LogP contribution in [0.15, 0.2) is 27.7 Å². The highest BCUT2D eigenvalue weighted by Crippen LogP contribution is 2.17. The first-order chi connectivity index (χ1) is 12.6. The fourth-order valence-corrected chi connectivity index (χ4v) is 3.35. The number of nitrogens with zero attached hydrogens (tertiary/aromatic N) is 2. The van der Waals surface area contributed by atoms with Crippen LogP contribution in [0.1, 0.15) is 31.7 Å². The monoisotopic (exact) mass is 429 g/mol. The molecule has 0 unspecified atom stereocenters. The van der Waals surface area contributed by atoms with Gasteiger partial charge < -0.3 is 19.7 Å². The van der Waals surface area contributed by atoms with E-state index in [1.165, 1.54) is 6.07 Å². The third kappa shape index (κ3) is 6.85. The van der Waals surface area contributed by atoms with Gasteiger partial charge in [0.25, 0.3) is 0 Å². The number of guanidine groups is 1. The van der Waals surface area contributed by atoms with Crippen LogP contribution in [0.3, 0.4) is 0 Å². The fraction of sp³-hybridized carbons (Fsp3) is 0.632. The fourth-order valence-electron chi connectivity index (χ4n) is 2.94. The molecular weight excluding hydrogens is 401 g/mol. The first kappa shape index (κ1) is 21.1. The van der Waals surface area contributed by atoms with Crippen LogP contribution in [-0.4, -0.2) is 56.9 Å². The Bertz CT molecular complexity index is 578. The summed E-state index contributed by atoms with van der Waals surface area (Å²) in [4.78, 5) is 6.86. The molecule has 1 heterocycles. The van der Waals surface area contributed by atoms with E-state index in [-0.39, 0.29) is 5.82 Å². The van der Waals surface area contributed by atoms with E-state index < -0.39 is 0 Å². The quantitative estimate of drug-likeness (QED) is 0.389. The molecule has 0 aromatic heterocycles. The van der Waals surface area contributed by atoms with Crippen LogP contribution in [0, 0.1) is 5.82 Å². The van der Waals surface area contributed by atoms with Crippen molar-refractivity contribution >= 4 is 21.9 Å². The smallest absolute Gasteiger partial charge is 0.194 e. The molecule has 26 heavy (non-hydrogen) atoms. The van der Waals surface area contributed by atoms with Crippen molar-refractivity contribution in [2.24, 2.45) is 4.99 Å². The van der Waals surface area contributed by atoms with Gasteiger partial charge in [0, 0.05) is 50.0 Å². The Balaban J connectivity index is 1.88. The molecule has 0 spiro atoms. The summed E-state index contributed by atoms with van der Waals surface area (Å²) in [6.07, 6.45) is 3.18. The Morgan fingerprint density at radius 2 is 2.12 bits per heavy atom. The summed E-state index contributed by atoms with van der Waals surface area (Å²) >= 11 is 3.38. The summed E-state index contributed by atoms with van der Waals surface area (Å²) in [5, 5.41) is 3.32. The molecule has 1 aliphatic heterocycles. The Kier molecular flexibility index (Phi) is 9.36. The van der Waals surface area contributed by atoms with E-state index in [4.69, 9.17) is 9.47 Å². The third-order valence-corrected chi connectivity index (χ3v) is 4.82. The van der Waals surface area contributed by atoms with Gasteiger partial charge in [-0.05, 0) is 44.4 Å². The molecule has 146 valence electrons. The molecule has 5 nitrogen and oxygen atoms in total. The number of halogens is 2. The van der Waals surface area contributed by atoms with Gasteiger partial charge in [0.1, 0.15) is 5.82 Å². The number of nitrogens with one attached hydrogen (secondary N) is 1. The van der Waals surface area contributed by atoms with Gasteiger partial charge >= 0.3 is 0 Å². The Hall–Kier alpha value is -1.18. The van der Waals surface area contributed by atoms with Gasteiger partial charge in [-0.1, -0.05) is 15.9 Å². The lowest BCUT2D eigenvalue weighted by Gasteiger charge is -2.34. The molecule has 1 N–H and O–H groups in total. The van der Waals surface area contributed by atoms with Crippen LogP contribution in [0.2, 0.25) is 0 Å². The van der Waals surface area contributed by atoms with Crippen LogP contribution < -0.4 is 5.32 Å². The summed E-state index contributed by atoms with van der Waals surface area (Å²) < 4.78 is 25.7. The van der Waals surface area contributed by atoms with Crippen molar-refractivity contribution in [3.8, 4) is 0 Å². The summed E-state index contributed by atoms with van der Waals surface area (Å²) in [6, 6.07) is 4.95. The molecule has 7 heteroatoms. The molecule has 2 rings (SSSR count). The summed E-state index contributed by atoms with van der Waals surface area (Å²) in [6.45, 7) is 6.41. The van der Waals surface area contributed by atoms with Gasteiger partial charge in [-0.25, -0.2) is 9.38 Å². The maximum atomic E-state index is 13.9. The van der Waals surface area contributed by atoms with Gasteiger partial charge in [0.05, 0.1) is 12.6 Å². The lowest BCUT2D eigenvalue weighted by molar-refractivity contribution is 0.00990. The van der Waals surface area contributed by atoms with E-state index in [9.17, 15) is 4.39 Å².